The summed E-state index contributed by atoms with van der Waals surface area (Å²) in [4.78, 5) is 31.8. The van der Waals surface area contributed by atoms with Crippen molar-refractivity contribution in [2.45, 2.75) is 31.3 Å². The highest BCUT2D eigenvalue weighted by molar-refractivity contribution is 5.73. The lowest BCUT2D eigenvalue weighted by atomic mass is 10.1. The zero-order chi connectivity index (χ0) is 16.3. The van der Waals surface area contributed by atoms with Gasteiger partial charge in [0, 0.05) is 0 Å². The van der Waals surface area contributed by atoms with Crippen molar-refractivity contribution in [2.24, 2.45) is 11.5 Å². The van der Waals surface area contributed by atoms with Crippen molar-refractivity contribution in [3.63, 3.8) is 0 Å². The maximum absolute atomic E-state index is 10.2. The molecule has 0 aromatic heterocycles. The number of nitrogens with two attached hydrogens (primary N) is 2. The van der Waals surface area contributed by atoms with E-state index in [9.17, 15) is 14.4 Å². The molecule has 0 aliphatic rings. The first-order valence-electron chi connectivity index (χ1n) is 5.91. The summed E-state index contributed by atoms with van der Waals surface area (Å²) >= 11 is 0. The fourth-order valence-corrected chi connectivity index (χ4v) is 1.08. The molecule has 0 aromatic rings. The van der Waals surface area contributed by atoms with Crippen LogP contribution in [0.5, 0.6) is 0 Å². The first-order chi connectivity index (χ1) is 9.07. The van der Waals surface area contributed by atoms with E-state index in [1.54, 1.807) is 19.0 Å². The summed E-state index contributed by atoms with van der Waals surface area (Å²) in [5.41, 5.74) is 10.4. The SMILES string of the molecule is CN(C)CC(=O)O.N[C@H](CCC[C@H](N)C(=O)O)C(=O)O. The molecule has 0 aliphatic heterocycles. The molecule has 0 amide bonds. The van der Waals surface area contributed by atoms with Crippen LogP contribution in [0.15, 0.2) is 0 Å². The van der Waals surface area contributed by atoms with Gasteiger partial charge in [0.2, 0.25) is 0 Å². The van der Waals surface area contributed by atoms with Gasteiger partial charge in [-0.2, -0.15) is 0 Å². The van der Waals surface area contributed by atoms with Gasteiger partial charge in [0.25, 0.3) is 0 Å². The van der Waals surface area contributed by atoms with Crippen molar-refractivity contribution in [1.29, 1.82) is 0 Å². The first-order valence-corrected chi connectivity index (χ1v) is 5.91. The fraction of sp³-hybridized carbons (Fsp3) is 0.727. The highest BCUT2D eigenvalue weighted by Crippen LogP contribution is 2.01. The van der Waals surface area contributed by atoms with Crippen molar-refractivity contribution in [1.82, 2.24) is 4.90 Å². The van der Waals surface area contributed by atoms with Crippen LogP contribution in [0.3, 0.4) is 0 Å². The van der Waals surface area contributed by atoms with Crippen molar-refractivity contribution in [2.75, 3.05) is 20.6 Å². The molecule has 0 bridgehead atoms. The normalized spacial score (nSPS) is 13.1. The topological polar surface area (TPSA) is 167 Å². The molecule has 20 heavy (non-hydrogen) atoms. The van der Waals surface area contributed by atoms with Gasteiger partial charge in [0.15, 0.2) is 0 Å². The van der Waals surface area contributed by atoms with Crippen LogP contribution in [0.25, 0.3) is 0 Å². The minimum Gasteiger partial charge on any atom is -0.480 e. The largest absolute Gasteiger partial charge is 0.480 e. The van der Waals surface area contributed by atoms with Crippen molar-refractivity contribution in [3.8, 4) is 0 Å². The van der Waals surface area contributed by atoms with Crippen LogP contribution >= 0.6 is 0 Å². The Morgan fingerprint density at radius 2 is 1.30 bits per heavy atom. The number of hydrogen-bond acceptors (Lipinski definition) is 6. The summed E-state index contributed by atoms with van der Waals surface area (Å²) in [5.74, 6) is -2.95. The van der Waals surface area contributed by atoms with Crippen molar-refractivity contribution >= 4 is 17.9 Å². The molecule has 0 saturated carbocycles. The van der Waals surface area contributed by atoms with Crippen LogP contribution in [0.1, 0.15) is 19.3 Å². The molecule has 0 aliphatic carbocycles. The minimum absolute atomic E-state index is 0.111. The molecule has 9 nitrogen and oxygen atoms in total. The fourth-order valence-electron chi connectivity index (χ4n) is 1.08. The molecular weight excluding hydrogens is 270 g/mol. The molecule has 2 atom stereocenters. The van der Waals surface area contributed by atoms with Gasteiger partial charge >= 0.3 is 17.9 Å². The number of carboxylic acid groups (broad SMARTS) is 3. The van der Waals surface area contributed by atoms with E-state index in [1.165, 1.54) is 0 Å². The predicted octanol–water partition coefficient (Wildman–Crippen LogP) is -1.39. The van der Waals surface area contributed by atoms with Crippen LogP contribution in [-0.4, -0.2) is 70.9 Å². The third kappa shape index (κ3) is 14.4. The highest BCUT2D eigenvalue weighted by Gasteiger charge is 2.14. The Morgan fingerprint density at radius 3 is 1.45 bits per heavy atom. The molecule has 0 unspecified atom stereocenters. The molecule has 0 rings (SSSR count). The minimum atomic E-state index is -1.08. The molecule has 0 fully saturated rings. The number of carbonyl (C=O) groups is 3. The van der Waals surface area contributed by atoms with E-state index in [2.05, 4.69) is 0 Å². The van der Waals surface area contributed by atoms with Gasteiger partial charge in [-0.25, -0.2) is 0 Å². The molecule has 0 radical (unpaired) electrons. The summed E-state index contributed by atoms with van der Waals surface area (Å²) in [6, 6.07) is -1.86. The number of carboxylic acids is 3. The lowest BCUT2D eigenvalue weighted by Gasteiger charge is -2.07. The van der Waals surface area contributed by atoms with E-state index in [-0.39, 0.29) is 19.4 Å². The monoisotopic (exact) mass is 293 g/mol. The Labute approximate surface area is 117 Å². The maximum atomic E-state index is 10.2. The predicted molar refractivity (Wildman–Crippen MR) is 71.3 cm³/mol. The van der Waals surface area contributed by atoms with Gasteiger partial charge in [-0.05, 0) is 33.4 Å². The van der Waals surface area contributed by atoms with Crippen LogP contribution in [0, 0.1) is 0 Å². The Balaban J connectivity index is 0. The zero-order valence-corrected chi connectivity index (χ0v) is 11.7. The van der Waals surface area contributed by atoms with Crippen LogP contribution in [-0.2, 0) is 14.4 Å². The maximum Gasteiger partial charge on any atom is 0.320 e. The number of rotatable bonds is 8. The van der Waals surface area contributed by atoms with E-state index in [4.69, 9.17) is 26.8 Å². The summed E-state index contributed by atoms with van der Waals surface area (Å²) in [7, 11) is 3.43. The molecule has 0 spiro atoms. The number of likely N-dealkylation sites (N-methyl/N-ethyl adjacent to an activating group) is 1. The van der Waals surface area contributed by atoms with Gasteiger partial charge in [-0.15, -0.1) is 0 Å². The number of aliphatic carboxylic acids is 3. The lowest BCUT2D eigenvalue weighted by molar-refractivity contribution is -0.139. The molecule has 0 heterocycles. The van der Waals surface area contributed by atoms with Crippen molar-refractivity contribution in [3.05, 3.63) is 0 Å². The van der Waals surface area contributed by atoms with Gasteiger partial charge in [0.05, 0.1) is 6.54 Å². The average Bonchev–Trinajstić information content (AvgIpc) is 2.27. The van der Waals surface area contributed by atoms with E-state index in [1.807, 2.05) is 0 Å². The van der Waals surface area contributed by atoms with Gasteiger partial charge < -0.3 is 26.8 Å². The summed E-state index contributed by atoms with van der Waals surface area (Å²) in [5, 5.41) is 24.8. The van der Waals surface area contributed by atoms with Gasteiger partial charge in [-0.1, -0.05) is 0 Å². The second kappa shape index (κ2) is 11.1. The molecule has 9 heteroatoms. The zero-order valence-electron chi connectivity index (χ0n) is 11.7. The van der Waals surface area contributed by atoms with Crippen LogP contribution in [0.4, 0.5) is 0 Å². The molecule has 7 N–H and O–H groups in total. The van der Waals surface area contributed by atoms with Gasteiger partial charge in [-0.3, -0.25) is 19.3 Å². The van der Waals surface area contributed by atoms with Gasteiger partial charge in [0.1, 0.15) is 12.1 Å². The summed E-state index contributed by atoms with van der Waals surface area (Å²) in [6.07, 6.45) is 0.896. The van der Waals surface area contributed by atoms with E-state index >= 15 is 0 Å². The lowest BCUT2D eigenvalue weighted by Crippen LogP contribution is -2.33. The number of hydrogen-bond donors (Lipinski definition) is 5. The van der Waals surface area contributed by atoms with Crippen LogP contribution < -0.4 is 11.5 Å². The van der Waals surface area contributed by atoms with E-state index in [0.717, 1.165) is 0 Å². The first kappa shape index (κ1) is 20.6. The Morgan fingerprint density at radius 1 is 0.950 bits per heavy atom. The van der Waals surface area contributed by atoms with Crippen molar-refractivity contribution < 1.29 is 29.7 Å². The highest BCUT2D eigenvalue weighted by atomic mass is 16.4. The Hall–Kier alpha value is -1.71. The molecule has 118 valence electrons. The molecular formula is C11H23N3O6. The quantitative estimate of drug-likeness (QED) is 0.362. The smallest absolute Gasteiger partial charge is 0.320 e. The second-order valence-electron chi connectivity index (χ2n) is 4.45. The summed E-state index contributed by atoms with van der Waals surface area (Å²) < 4.78 is 0. The third-order valence-electron chi connectivity index (χ3n) is 2.12. The van der Waals surface area contributed by atoms with E-state index in [0.29, 0.717) is 6.42 Å². The average molecular weight is 293 g/mol. The standard InChI is InChI=1S/C7H14N2O4.C4H9NO2/c8-4(6(10)11)2-1-3-5(9)7(12)13;1-5(2)3-4(6)7/h4-5H,1-3,8-9H2,(H,10,11)(H,12,13);3H2,1-2H3,(H,6,7)/t4-,5+;. The number of nitrogens with zero attached hydrogens (tertiary/aromatic N) is 1. The molecule has 0 aromatic carbocycles. The second-order valence-corrected chi connectivity index (χ2v) is 4.45. The third-order valence-corrected chi connectivity index (χ3v) is 2.12. The Kier molecular flexibility index (Phi) is 11.5. The van der Waals surface area contributed by atoms with Crippen LogP contribution in [0.2, 0.25) is 0 Å². The van der Waals surface area contributed by atoms with E-state index < -0.39 is 30.0 Å². The summed E-state index contributed by atoms with van der Waals surface area (Å²) in [6.45, 7) is 0.111. The Bertz CT molecular complexity index is 301. The molecule has 0 saturated heterocycles.